The third-order valence-corrected chi connectivity index (χ3v) is 2.23. The Bertz CT molecular complexity index is 414. The molecule has 86 valence electrons. The number of nitrogens with zero attached hydrogens (tertiary/aromatic N) is 2. The molecule has 0 radical (unpaired) electrons. The van der Waals surface area contributed by atoms with Crippen LogP contribution in [0.25, 0.3) is 0 Å². The maximum absolute atomic E-state index is 11.4. The first-order valence-corrected chi connectivity index (χ1v) is 5.60. The molecule has 0 aliphatic heterocycles. The molecule has 0 aliphatic rings. The minimum absolute atomic E-state index is 0.243. The predicted molar refractivity (Wildman–Crippen MR) is 61.3 cm³/mol. The average Bonchev–Trinajstić information content (AvgIpc) is 2.49. The Hall–Kier alpha value is -1.61. The SMILES string of the molecule is CC(C)(C)OC(=O)Nc1nc(CC#N)cs1. The van der Waals surface area contributed by atoms with Crippen LogP contribution in [0.4, 0.5) is 9.93 Å². The average molecular weight is 239 g/mol. The Morgan fingerprint density at radius 2 is 2.38 bits per heavy atom. The Morgan fingerprint density at radius 1 is 1.69 bits per heavy atom. The van der Waals surface area contributed by atoms with Crippen LogP contribution in [-0.4, -0.2) is 16.7 Å². The quantitative estimate of drug-likeness (QED) is 0.860. The summed E-state index contributed by atoms with van der Waals surface area (Å²) in [6, 6.07) is 1.99. The van der Waals surface area contributed by atoms with E-state index in [0.29, 0.717) is 10.8 Å². The zero-order chi connectivity index (χ0) is 12.2. The Labute approximate surface area is 98.1 Å². The van der Waals surface area contributed by atoms with Gasteiger partial charge in [-0.3, -0.25) is 5.32 Å². The lowest BCUT2D eigenvalue weighted by Crippen LogP contribution is -2.27. The number of carbonyl (C=O) groups is 1. The molecule has 0 saturated heterocycles. The van der Waals surface area contributed by atoms with E-state index < -0.39 is 11.7 Å². The van der Waals surface area contributed by atoms with Crippen LogP contribution < -0.4 is 5.32 Å². The van der Waals surface area contributed by atoms with Crippen LogP contribution >= 0.6 is 11.3 Å². The maximum Gasteiger partial charge on any atom is 0.413 e. The van der Waals surface area contributed by atoms with Gasteiger partial charge in [0.05, 0.1) is 18.2 Å². The van der Waals surface area contributed by atoms with Crippen molar-refractivity contribution >= 4 is 22.6 Å². The fourth-order valence-corrected chi connectivity index (χ4v) is 1.61. The molecule has 5 nitrogen and oxygen atoms in total. The van der Waals surface area contributed by atoms with Gasteiger partial charge in [0.15, 0.2) is 5.13 Å². The van der Waals surface area contributed by atoms with E-state index in [1.165, 1.54) is 11.3 Å². The number of amides is 1. The molecule has 0 fully saturated rings. The summed E-state index contributed by atoms with van der Waals surface area (Å²) < 4.78 is 5.06. The third kappa shape index (κ3) is 4.28. The van der Waals surface area contributed by atoms with E-state index in [0.717, 1.165) is 0 Å². The van der Waals surface area contributed by atoms with Crippen LogP contribution in [-0.2, 0) is 11.2 Å². The van der Waals surface area contributed by atoms with Gasteiger partial charge in [-0.2, -0.15) is 5.26 Å². The summed E-state index contributed by atoms with van der Waals surface area (Å²) in [6.45, 7) is 5.36. The lowest BCUT2D eigenvalue weighted by atomic mass is 10.2. The molecule has 1 aromatic rings. The molecule has 1 heterocycles. The molecule has 1 N–H and O–H groups in total. The summed E-state index contributed by atoms with van der Waals surface area (Å²) in [6.07, 6.45) is -0.294. The van der Waals surface area contributed by atoms with E-state index in [-0.39, 0.29) is 6.42 Å². The second-order valence-corrected chi connectivity index (χ2v) is 4.96. The van der Waals surface area contributed by atoms with E-state index in [2.05, 4.69) is 10.3 Å². The van der Waals surface area contributed by atoms with Gasteiger partial charge in [-0.15, -0.1) is 11.3 Å². The predicted octanol–water partition coefficient (Wildman–Crippen LogP) is 2.56. The van der Waals surface area contributed by atoms with Gasteiger partial charge in [-0.25, -0.2) is 9.78 Å². The van der Waals surface area contributed by atoms with Crippen LogP contribution in [0.1, 0.15) is 26.5 Å². The highest BCUT2D eigenvalue weighted by atomic mass is 32.1. The van der Waals surface area contributed by atoms with E-state index in [4.69, 9.17) is 10.00 Å². The van der Waals surface area contributed by atoms with E-state index in [1.807, 2.05) is 6.07 Å². The first kappa shape index (κ1) is 12.5. The topological polar surface area (TPSA) is 75.0 Å². The zero-order valence-electron chi connectivity index (χ0n) is 9.40. The summed E-state index contributed by atoms with van der Waals surface area (Å²) in [4.78, 5) is 15.4. The fourth-order valence-electron chi connectivity index (χ4n) is 0.917. The standard InChI is InChI=1S/C10H13N3O2S/c1-10(2,3)15-9(14)13-8-12-7(4-5-11)6-16-8/h6H,4H2,1-3H3,(H,12,13,14). The molecule has 16 heavy (non-hydrogen) atoms. The van der Waals surface area contributed by atoms with Crippen LogP contribution in [0.3, 0.4) is 0 Å². The van der Waals surface area contributed by atoms with Crippen molar-refractivity contribution in [3.05, 3.63) is 11.1 Å². The highest BCUT2D eigenvalue weighted by Crippen LogP contribution is 2.17. The Balaban J connectivity index is 2.54. The third-order valence-electron chi connectivity index (χ3n) is 1.42. The Morgan fingerprint density at radius 3 is 2.94 bits per heavy atom. The molecule has 0 unspecified atom stereocenters. The van der Waals surface area contributed by atoms with Crippen molar-refractivity contribution in [2.45, 2.75) is 32.8 Å². The molecule has 1 amide bonds. The van der Waals surface area contributed by atoms with Crippen molar-refractivity contribution in [1.82, 2.24) is 4.98 Å². The van der Waals surface area contributed by atoms with Crippen LogP contribution in [0.5, 0.6) is 0 Å². The highest BCUT2D eigenvalue weighted by molar-refractivity contribution is 7.13. The molecule has 6 heteroatoms. The first-order chi connectivity index (χ1) is 7.40. The van der Waals surface area contributed by atoms with Crippen LogP contribution in [0, 0.1) is 11.3 Å². The summed E-state index contributed by atoms with van der Waals surface area (Å²) in [5, 5.41) is 13.2. The lowest BCUT2D eigenvalue weighted by molar-refractivity contribution is 0.0636. The van der Waals surface area contributed by atoms with Crippen molar-refractivity contribution < 1.29 is 9.53 Å². The van der Waals surface area contributed by atoms with Gasteiger partial charge in [0.1, 0.15) is 5.60 Å². The molecule has 0 bridgehead atoms. The highest BCUT2D eigenvalue weighted by Gasteiger charge is 2.17. The number of aromatic nitrogens is 1. The monoisotopic (exact) mass is 239 g/mol. The minimum atomic E-state index is -0.537. The molecule has 0 aliphatic carbocycles. The molecule has 0 atom stereocenters. The van der Waals surface area contributed by atoms with E-state index in [9.17, 15) is 4.79 Å². The number of hydrogen-bond donors (Lipinski definition) is 1. The molecule has 0 aromatic carbocycles. The van der Waals surface area contributed by atoms with E-state index >= 15 is 0 Å². The summed E-state index contributed by atoms with van der Waals surface area (Å²) in [5.74, 6) is 0. The van der Waals surface area contributed by atoms with Gasteiger partial charge in [0, 0.05) is 5.38 Å². The van der Waals surface area contributed by atoms with Crippen molar-refractivity contribution in [2.24, 2.45) is 0 Å². The number of thiazole rings is 1. The lowest BCUT2D eigenvalue weighted by Gasteiger charge is -2.18. The van der Waals surface area contributed by atoms with Gasteiger partial charge in [0.2, 0.25) is 0 Å². The number of rotatable bonds is 2. The normalized spacial score (nSPS) is 10.6. The number of carbonyl (C=O) groups excluding carboxylic acids is 1. The van der Waals surface area contributed by atoms with Gasteiger partial charge < -0.3 is 4.74 Å². The largest absolute Gasteiger partial charge is 0.444 e. The van der Waals surface area contributed by atoms with Gasteiger partial charge >= 0.3 is 6.09 Å². The second kappa shape index (κ2) is 4.94. The smallest absolute Gasteiger partial charge is 0.413 e. The first-order valence-electron chi connectivity index (χ1n) is 4.72. The number of hydrogen-bond acceptors (Lipinski definition) is 5. The van der Waals surface area contributed by atoms with Gasteiger partial charge in [-0.1, -0.05) is 0 Å². The van der Waals surface area contributed by atoms with Crippen molar-refractivity contribution in [2.75, 3.05) is 5.32 Å². The number of ether oxygens (including phenoxy) is 1. The minimum Gasteiger partial charge on any atom is -0.444 e. The second-order valence-electron chi connectivity index (χ2n) is 4.11. The van der Waals surface area contributed by atoms with Crippen molar-refractivity contribution in [3.63, 3.8) is 0 Å². The molecule has 1 aromatic heterocycles. The number of anilines is 1. The summed E-state index contributed by atoms with van der Waals surface area (Å²) in [7, 11) is 0. The van der Waals surface area contributed by atoms with E-state index in [1.54, 1.807) is 26.2 Å². The number of nitriles is 1. The molecule has 1 rings (SSSR count). The van der Waals surface area contributed by atoms with Crippen LogP contribution in [0.15, 0.2) is 5.38 Å². The van der Waals surface area contributed by atoms with Crippen molar-refractivity contribution in [3.8, 4) is 6.07 Å². The van der Waals surface area contributed by atoms with Crippen LogP contribution in [0.2, 0.25) is 0 Å². The Kier molecular flexibility index (Phi) is 3.85. The molecular weight excluding hydrogens is 226 g/mol. The molecule has 0 saturated carbocycles. The zero-order valence-corrected chi connectivity index (χ0v) is 10.2. The van der Waals surface area contributed by atoms with Crippen molar-refractivity contribution in [1.29, 1.82) is 5.26 Å². The molecular formula is C10H13N3O2S. The van der Waals surface area contributed by atoms with Gasteiger partial charge in [0.25, 0.3) is 0 Å². The van der Waals surface area contributed by atoms with Gasteiger partial charge in [-0.05, 0) is 20.8 Å². The molecule has 0 spiro atoms. The number of nitrogens with one attached hydrogen (secondary N) is 1. The summed E-state index contributed by atoms with van der Waals surface area (Å²) >= 11 is 1.27. The summed E-state index contributed by atoms with van der Waals surface area (Å²) in [5.41, 5.74) is 0.121. The fraction of sp³-hybridized carbons (Fsp3) is 0.500. The maximum atomic E-state index is 11.4.